The fourth-order valence-electron chi connectivity index (χ4n) is 5.01. The van der Waals surface area contributed by atoms with Gasteiger partial charge in [-0.15, -0.1) is 11.8 Å². The molecule has 17 heteroatoms. The highest BCUT2D eigenvalue weighted by Gasteiger charge is 2.54. The van der Waals surface area contributed by atoms with Gasteiger partial charge in [-0.2, -0.15) is 9.36 Å². The number of aryl methyl sites for hydroxylation is 1. The maximum absolute atomic E-state index is 13.2. The summed E-state index contributed by atoms with van der Waals surface area (Å²) in [5.41, 5.74) is 13.7. The van der Waals surface area contributed by atoms with Crippen molar-refractivity contribution in [3.63, 3.8) is 0 Å². The molecule has 42 heavy (non-hydrogen) atoms. The second-order valence-electron chi connectivity index (χ2n) is 10.3. The van der Waals surface area contributed by atoms with E-state index in [2.05, 4.69) is 29.4 Å². The van der Waals surface area contributed by atoms with Gasteiger partial charge in [0.05, 0.1) is 6.20 Å². The van der Waals surface area contributed by atoms with Gasteiger partial charge in [0.15, 0.2) is 5.13 Å². The number of carboxylic acid groups (broad SMARTS) is 1. The SMILES string of the molecule is CCO/N=C(\C(=O)NC1C(=O)N2C(C(=O)O)=C(C[n+]3cccc4c3ncn4CCC3(N)CC3)CSC12)c1nsc(N)n1. The number of rotatable bonds is 11. The Labute approximate surface area is 247 Å². The topological polar surface area (TPSA) is 208 Å². The van der Waals surface area contributed by atoms with Crippen LogP contribution in [0.3, 0.4) is 0 Å². The number of thioether (sulfide) groups is 1. The van der Waals surface area contributed by atoms with Gasteiger partial charge < -0.3 is 31.3 Å². The van der Waals surface area contributed by atoms with E-state index in [4.69, 9.17) is 16.3 Å². The van der Waals surface area contributed by atoms with Gasteiger partial charge in [-0.3, -0.25) is 14.5 Å². The van der Waals surface area contributed by atoms with Gasteiger partial charge in [0.25, 0.3) is 11.8 Å². The number of hydrogen-bond donors (Lipinski definition) is 4. The van der Waals surface area contributed by atoms with Gasteiger partial charge >= 0.3 is 11.6 Å². The Bertz CT molecular complexity index is 1640. The zero-order valence-corrected chi connectivity index (χ0v) is 24.2. The lowest BCUT2D eigenvalue weighted by Gasteiger charge is -2.49. The third kappa shape index (κ3) is 5.18. The number of aromatic nitrogens is 5. The van der Waals surface area contributed by atoms with Crippen molar-refractivity contribution in [3.8, 4) is 0 Å². The Kier molecular flexibility index (Phi) is 7.32. The van der Waals surface area contributed by atoms with Gasteiger partial charge in [0.2, 0.25) is 17.9 Å². The Morgan fingerprint density at radius 2 is 2.19 bits per heavy atom. The molecule has 2 amide bonds. The minimum absolute atomic E-state index is 0.0273. The van der Waals surface area contributed by atoms with E-state index in [1.165, 1.54) is 16.7 Å². The Morgan fingerprint density at radius 3 is 2.88 bits per heavy atom. The van der Waals surface area contributed by atoms with Crippen molar-refractivity contribution in [2.45, 2.75) is 56.2 Å². The van der Waals surface area contributed by atoms with Crippen molar-refractivity contribution in [2.75, 3.05) is 18.1 Å². The first-order valence-electron chi connectivity index (χ1n) is 13.3. The predicted molar refractivity (Wildman–Crippen MR) is 153 cm³/mol. The molecule has 0 radical (unpaired) electrons. The number of amides is 2. The standard InChI is InChI=1S/C25H28N10O5S2/c1-2-40-31-15(18-30-24(26)42-32-18)20(36)29-16-21(37)35-17(23(38)39)13(11-41-22(16)35)10-33-8-3-4-14-19(33)28-12-34(14)9-7-25(27)5-6-25/h3-4,8,12,16,22H,2,5-7,9-11,27H2,1H3,(H3-,26,29,30,32,36,38,39)/p+1/b31-15-. The summed E-state index contributed by atoms with van der Waals surface area (Å²) in [5, 5.41) is 16.1. The molecule has 1 aliphatic carbocycles. The fraction of sp³-hybridized carbons (Fsp3) is 0.440. The molecule has 2 aliphatic heterocycles. The van der Waals surface area contributed by atoms with Crippen molar-refractivity contribution in [3.05, 3.63) is 41.8 Å². The molecule has 0 aromatic carbocycles. The molecule has 1 saturated carbocycles. The average Bonchev–Trinajstić information content (AvgIpc) is 3.34. The molecular weight excluding hydrogens is 584 g/mol. The number of β-lactam (4-membered cyclic amide) rings is 1. The minimum atomic E-state index is -1.22. The number of nitrogen functional groups attached to an aromatic ring is 1. The summed E-state index contributed by atoms with van der Waals surface area (Å²) in [7, 11) is 0. The van der Waals surface area contributed by atoms with Crippen LogP contribution in [0.2, 0.25) is 0 Å². The van der Waals surface area contributed by atoms with Crippen molar-refractivity contribution in [1.82, 2.24) is 29.1 Å². The van der Waals surface area contributed by atoms with E-state index in [1.54, 1.807) is 13.3 Å². The van der Waals surface area contributed by atoms with E-state index in [-0.39, 0.29) is 41.1 Å². The molecule has 3 aromatic rings. The highest BCUT2D eigenvalue weighted by Crippen LogP contribution is 2.40. The normalized spacial score (nSPS) is 21.2. The van der Waals surface area contributed by atoms with E-state index >= 15 is 0 Å². The molecule has 1 saturated heterocycles. The number of nitrogens with one attached hydrogen (secondary N) is 1. The Hall–Kier alpha value is -4.09. The minimum Gasteiger partial charge on any atom is -0.477 e. The van der Waals surface area contributed by atoms with Crippen LogP contribution in [0.4, 0.5) is 5.13 Å². The summed E-state index contributed by atoms with van der Waals surface area (Å²) in [4.78, 5) is 53.6. The van der Waals surface area contributed by atoms with E-state index in [1.807, 2.05) is 22.9 Å². The van der Waals surface area contributed by atoms with Crippen LogP contribution in [0.25, 0.3) is 11.2 Å². The van der Waals surface area contributed by atoms with E-state index in [9.17, 15) is 19.5 Å². The zero-order chi connectivity index (χ0) is 29.6. The Morgan fingerprint density at radius 1 is 1.38 bits per heavy atom. The number of nitrogens with two attached hydrogens (primary N) is 2. The summed E-state index contributed by atoms with van der Waals surface area (Å²) in [6, 6.07) is 2.89. The number of carbonyl (C=O) groups is 3. The molecular formula is C25H29N10O5S2+. The number of hydrogen-bond acceptors (Lipinski definition) is 12. The number of imidazole rings is 1. The van der Waals surface area contributed by atoms with Crippen molar-refractivity contribution in [2.24, 2.45) is 10.9 Å². The first-order valence-corrected chi connectivity index (χ1v) is 15.1. The quantitative estimate of drug-likeness (QED) is 0.0965. The van der Waals surface area contributed by atoms with Crippen LogP contribution in [0, 0.1) is 0 Å². The molecule has 3 aromatic heterocycles. The van der Waals surface area contributed by atoms with Gasteiger partial charge in [0.1, 0.15) is 35.8 Å². The number of carboxylic acids is 1. The number of anilines is 1. The zero-order valence-electron chi connectivity index (χ0n) is 22.6. The summed E-state index contributed by atoms with van der Waals surface area (Å²) < 4.78 is 7.95. The number of carbonyl (C=O) groups excluding carboxylic acids is 2. The molecule has 0 bridgehead atoms. The lowest BCUT2D eigenvalue weighted by Crippen LogP contribution is -2.71. The van der Waals surface area contributed by atoms with Crippen molar-refractivity contribution in [1.29, 1.82) is 0 Å². The van der Waals surface area contributed by atoms with Crippen molar-refractivity contribution >= 4 is 63.1 Å². The summed E-state index contributed by atoms with van der Waals surface area (Å²) in [6.45, 7) is 2.87. The molecule has 220 valence electrons. The number of oxime groups is 1. The molecule has 0 spiro atoms. The molecule has 5 heterocycles. The maximum atomic E-state index is 13.2. The number of fused-ring (bicyclic) bond motifs is 2. The van der Waals surface area contributed by atoms with Crippen LogP contribution in [0.15, 0.2) is 41.1 Å². The number of aliphatic carboxylic acids is 1. The monoisotopic (exact) mass is 613 g/mol. The van der Waals surface area contributed by atoms with Gasteiger partial charge in [-0.05, 0) is 43.3 Å². The smallest absolute Gasteiger partial charge is 0.352 e. The van der Waals surface area contributed by atoms with Crippen LogP contribution < -0.4 is 21.4 Å². The van der Waals surface area contributed by atoms with Gasteiger partial charge in [-0.1, -0.05) is 5.16 Å². The fourth-order valence-corrected chi connectivity index (χ4v) is 6.78. The van der Waals surface area contributed by atoms with Crippen molar-refractivity contribution < 1.29 is 28.9 Å². The average molecular weight is 614 g/mol. The van der Waals surface area contributed by atoms with Crippen LogP contribution in [-0.2, 0) is 32.3 Å². The van der Waals surface area contributed by atoms with E-state index in [0.717, 1.165) is 42.9 Å². The van der Waals surface area contributed by atoms with Crippen LogP contribution >= 0.6 is 23.3 Å². The van der Waals surface area contributed by atoms with Crippen LogP contribution in [-0.4, -0.2) is 81.7 Å². The molecule has 2 unspecified atom stereocenters. The number of pyridine rings is 1. The van der Waals surface area contributed by atoms with Gasteiger partial charge in [0, 0.05) is 34.9 Å². The van der Waals surface area contributed by atoms with Crippen LogP contribution in [0.1, 0.15) is 32.0 Å². The second-order valence-corrected chi connectivity index (χ2v) is 12.2. The summed E-state index contributed by atoms with van der Waals surface area (Å²) >= 11 is 2.26. The van der Waals surface area contributed by atoms with E-state index < -0.39 is 29.2 Å². The molecule has 15 nitrogen and oxygen atoms in total. The lowest BCUT2D eigenvalue weighted by atomic mass is 10.0. The third-order valence-corrected chi connectivity index (χ3v) is 9.33. The maximum Gasteiger partial charge on any atom is 0.352 e. The van der Waals surface area contributed by atoms with Crippen LogP contribution in [0.5, 0.6) is 0 Å². The first-order chi connectivity index (χ1) is 20.2. The molecule has 2 atom stereocenters. The largest absolute Gasteiger partial charge is 0.477 e. The predicted octanol–water partition coefficient (Wildman–Crippen LogP) is -0.182. The lowest BCUT2D eigenvalue weighted by molar-refractivity contribution is -0.664. The molecule has 3 aliphatic rings. The first kappa shape index (κ1) is 28.0. The van der Waals surface area contributed by atoms with E-state index in [0.29, 0.717) is 17.0 Å². The highest BCUT2D eigenvalue weighted by molar-refractivity contribution is 8.00. The summed E-state index contributed by atoms with van der Waals surface area (Å²) in [6.07, 6.45) is 6.54. The Balaban J connectivity index is 1.21. The third-order valence-electron chi connectivity index (χ3n) is 7.44. The molecule has 2 fully saturated rings. The van der Waals surface area contributed by atoms with Gasteiger partial charge in [-0.25, -0.2) is 9.36 Å². The molecule has 6 N–H and O–H groups in total. The molecule has 6 rings (SSSR count). The second kappa shape index (κ2) is 11.0. The highest BCUT2D eigenvalue weighted by atomic mass is 32.2. The summed E-state index contributed by atoms with van der Waals surface area (Å²) in [5.74, 6) is -2.18. The number of nitrogens with zero attached hydrogens (tertiary/aromatic N) is 7.